The highest BCUT2D eigenvalue weighted by molar-refractivity contribution is 6.02. The van der Waals surface area contributed by atoms with Crippen molar-refractivity contribution in [1.29, 1.82) is 0 Å². The zero-order chi connectivity index (χ0) is 20.8. The number of hydrogen-bond donors (Lipinski definition) is 3. The Bertz CT molecular complexity index is 1020. The van der Waals surface area contributed by atoms with E-state index < -0.39 is 11.8 Å². The van der Waals surface area contributed by atoms with Crippen molar-refractivity contribution >= 4 is 17.6 Å². The van der Waals surface area contributed by atoms with Crippen molar-refractivity contribution in [3.05, 3.63) is 72.0 Å². The number of ether oxygens (including phenoxy) is 1. The summed E-state index contributed by atoms with van der Waals surface area (Å²) in [5.74, 6) is -0.489. The molecule has 0 aliphatic rings. The van der Waals surface area contributed by atoms with Crippen molar-refractivity contribution < 1.29 is 23.8 Å². The van der Waals surface area contributed by atoms with Gasteiger partial charge in [0, 0.05) is 5.56 Å². The second kappa shape index (κ2) is 8.94. The van der Waals surface area contributed by atoms with Crippen molar-refractivity contribution in [2.24, 2.45) is 5.73 Å². The van der Waals surface area contributed by atoms with Gasteiger partial charge >= 0.3 is 0 Å². The first-order valence-corrected chi connectivity index (χ1v) is 8.71. The van der Waals surface area contributed by atoms with Gasteiger partial charge in [0.25, 0.3) is 5.91 Å². The quantitative estimate of drug-likeness (QED) is 0.569. The molecule has 1 heterocycles. The molecule has 1 aromatic heterocycles. The van der Waals surface area contributed by atoms with Crippen LogP contribution in [0, 0.1) is 5.82 Å². The molecule has 3 rings (SSSR count). The van der Waals surface area contributed by atoms with Gasteiger partial charge < -0.3 is 20.9 Å². The highest BCUT2D eigenvalue weighted by Crippen LogP contribution is 2.27. The van der Waals surface area contributed by atoms with Crippen LogP contribution in [0.15, 0.2) is 60.7 Å². The van der Waals surface area contributed by atoms with Crippen LogP contribution < -0.4 is 15.8 Å². The third-order valence-corrected chi connectivity index (χ3v) is 3.96. The van der Waals surface area contributed by atoms with Gasteiger partial charge in [0.15, 0.2) is 0 Å². The van der Waals surface area contributed by atoms with Gasteiger partial charge in [-0.05, 0) is 60.7 Å². The van der Waals surface area contributed by atoms with Gasteiger partial charge in [-0.3, -0.25) is 9.59 Å². The van der Waals surface area contributed by atoms with Crippen LogP contribution in [0.5, 0.6) is 11.5 Å². The van der Waals surface area contributed by atoms with E-state index in [1.54, 1.807) is 30.3 Å². The summed E-state index contributed by atoms with van der Waals surface area (Å²) >= 11 is 0. The number of aliphatic hydroxyl groups excluding tert-OH is 1. The number of benzene rings is 2. The van der Waals surface area contributed by atoms with Crippen LogP contribution in [-0.2, 0) is 4.79 Å². The molecule has 0 saturated carbocycles. The van der Waals surface area contributed by atoms with E-state index in [0.717, 1.165) is 0 Å². The van der Waals surface area contributed by atoms with E-state index in [2.05, 4.69) is 10.3 Å². The highest BCUT2D eigenvalue weighted by atomic mass is 19.1. The first kappa shape index (κ1) is 20.0. The maximum absolute atomic E-state index is 13.0. The van der Waals surface area contributed by atoms with E-state index in [9.17, 15) is 14.0 Å². The van der Waals surface area contributed by atoms with Crippen LogP contribution in [0.1, 0.15) is 16.8 Å². The molecular formula is C21H18FN3O4. The number of hydrogen-bond acceptors (Lipinski definition) is 5. The Kier molecular flexibility index (Phi) is 6.16. The minimum absolute atomic E-state index is 0.0279. The maximum Gasteiger partial charge on any atom is 0.252 e. The van der Waals surface area contributed by atoms with Gasteiger partial charge in [-0.15, -0.1) is 0 Å². The Morgan fingerprint density at radius 3 is 2.21 bits per heavy atom. The molecular weight excluding hydrogens is 377 g/mol. The Balaban J connectivity index is 1.82. The fraction of sp³-hybridized carbons (Fsp3) is 0.0952. The monoisotopic (exact) mass is 395 g/mol. The van der Waals surface area contributed by atoms with Crippen LogP contribution in [0.4, 0.5) is 10.2 Å². The van der Waals surface area contributed by atoms with Crippen LogP contribution in [0.25, 0.3) is 11.3 Å². The Morgan fingerprint density at radius 2 is 1.62 bits per heavy atom. The molecule has 3 aromatic rings. The Morgan fingerprint density at radius 1 is 1.00 bits per heavy atom. The number of halogens is 1. The number of pyridine rings is 1. The van der Waals surface area contributed by atoms with Crippen molar-refractivity contribution in [2.75, 3.05) is 11.9 Å². The summed E-state index contributed by atoms with van der Waals surface area (Å²) in [7, 11) is 0. The standard InChI is InChI=1S/C21H18FN3O4/c22-14-3-7-16(8-4-14)29-15-5-1-13(2-6-15)18-10-9-17(20(23)28)21(24-18)25-19(27)11-12-26/h1-10,26H,11-12H2,(H2,23,28)(H,24,25,27). The second-order valence-electron chi connectivity index (χ2n) is 6.06. The zero-order valence-electron chi connectivity index (χ0n) is 15.3. The molecule has 4 N–H and O–H groups in total. The summed E-state index contributed by atoms with van der Waals surface area (Å²) in [5, 5.41) is 11.4. The molecule has 0 bridgehead atoms. The maximum atomic E-state index is 13.0. The summed E-state index contributed by atoms with van der Waals surface area (Å²) in [6, 6.07) is 15.7. The number of carbonyl (C=O) groups excluding carboxylic acids is 2. The molecule has 0 radical (unpaired) electrons. The Hall–Kier alpha value is -3.78. The number of aromatic nitrogens is 1. The molecule has 7 nitrogen and oxygen atoms in total. The first-order valence-electron chi connectivity index (χ1n) is 8.71. The molecule has 2 amide bonds. The molecule has 148 valence electrons. The number of anilines is 1. The van der Waals surface area contributed by atoms with Crippen molar-refractivity contribution in [3.8, 4) is 22.8 Å². The van der Waals surface area contributed by atoms with Gasteiger partial charge in [-0.1, -0.05) is 0 Å². The SMILES string of the molecule is NC(=O)c1ccc(-c2ccc(Oc3ccc(F)cc3)cc2)nc1NC(=O)CCO. The van der Waals surface area contributed by atoms with Crippen LogP contribution in [0.2, 0.25) is 0 Å². The van der Waals surface area contributed by atoms with Crippen LogP contribution in [0.3, 0.4) is 0 Å². The lowest BCUT2D eigenvalue weighted by Crippen LogP contribution is -2.20. The minimum Gasteiger partial charge on any atom is -0.457 e. The number of carbonyl (C=O) groups is 2. The zero-order valence-corrected chi connectivity index (χ0v) is 15.3. The van der Waals surface area contributed by atoms with E-state index in [1.807, 2.05) is 0 Å². The molecule has 0 aliphatic heterocycles. The van der Waals surface area contributed by atoms with E-state index in [1.165, 1.54) is 30.3 Å². The molecule has 2 aromatic carbocycles. The normalized spacial score (nSPS) is 10.4. The van der Waals surface area contributed by atoms with Crippen molar-refractivity contribution in [1.82, 2.24) is 4.98 Å². The van der Waals surface area contributed by atoms with Gasteiger partial charge in [0.1, 0.15) is 23.1 Å². The second-order valence-corrected chi connectivity index (χ2v) is 6.06. The average Bonchev–Trinajstić information content (AvgIpc) is 2.70. The smallest absolute Gasteiger partial charge is 0.252 e. The predicted octanol–water partition coefficient (Wildman–Crippen LogP) is 3.10. The molecule has 0 saturated heterocycles. The Labute approximate surface area is 166 Å². The fourth-order valence-electron chi connectivity index (χ4n) is 2.54. The van der Waals surface area contributed by atoms with E-state index in [-0.39, 0.29) is 30.2 Å². The van der Waals surface area contributed by atoms with Crippen LogP contribution in [-0.4, -0.2) is 28.5 Å². The van der Waals surface area contributed by atoms with Gasteiger partial charge in [0.05, 0.1) is 24.3 Å². The van der Waals surface area contributed by atoms with E-state index in [0.29, 0.717) is 22.8 Å². The topological polar surface area (TPSA) is 115 Å². The number of primary amides is 1. The third kappa shape index (κ3) is 5.14. The molecule has 0 unspecified atom stereocenters. The molecule has 29 heavy (non-hydrogen) atoms. The summed E-state index contributed by atoms with van der Waals surface area (Å²) in [6.45, 7) is -0.326. The van der Waals surface area contributed by atoms with Crippen LogP contribution >= 0.6 is 0 Å². The summed E-state index contributed by atoms with van der Waals surface area (Å²) < 4.78 is 18.6. The molecule has 0 aliphatic carbocycles. The van der Waals surface area contributed by atoms with Crippen molar-refractivity contribution in [2.45, 2.75) is 6.42 Å². The lowest BCUT2D eigenvalue weighted by Gasteiger charge is -2.11. The number of amides is 2. The lowest BCUT2D eigenvalue weighted by molar-refractivity contribution is -0.116. The molecule has 0 fully saturated rings. The average molecular weight is 395 g/mol. The largest absolute Gasteiger partial charge is 0.457 e. The lowest BCUT2D eigenvalue weighted by atomic mass is 10.1. The van der Waals surface area contributed by atoms with Crippen molar-refractivity contribution in [3.63, 3.8) is 0 Å². The molecule has 8 heteroatoms. The summed E-state index contributed by atoms with van der Waals surface area (Å²) in [6.07, 6.45) is -0.125. The number of aliphatic hydroxyl groups is 1. The number of rotatable bonds is 7. The minimum atomic E-state index is -0.730. The van der Waals surface area contributed by atoms with E-state index in [4.69, 9.17) is 15.6 Å². The number of nitrogens with zero attached hydrogens (tertiary/aromatic N) is 1. The van der Waals surface area contributed by atoms with Gasteiger partial charge in [-0.2, -0.15) is 0 Å². The number of nitrogens with one attached hydrogen (secondary N) is 1. The van der Waals surface area contributed by atoms with Gasteiger partial charge in [-0.25, -0.2) is 9.37 Å². The summed E-state index contributed by atoms with van der Waals surface area (Å²) in [4.78, 5) is 27.7. The predicted molar refractivity (Wildman–Crippen MR) is 105 cm³/mol. The third-order valence-electron chi connectivity index (χ3n) is 3.96. The summed E-state index contributed by atoms with van der Waals surface area (Å²) in [5.41, 5.74) is 6.62. The number of nitrogens with two attached hydrogens (primary N) is 1. The van der Waals surface area contributed by atoms with E-state index >= 15 is 0 Å². The highest BCUT2D eigenvalue weighted by Gasteiger charge is 2.14. The molecule has 0 spiro atoms. The fourth-order valence-corrected chi connectivity index (χ4v) is 2.54. The first-order chi connectivity index (χ1) is 14.0. The molecule has 0 atom stereocenters. The van der Waals surface area contributed by atoms with Gasteiger partial charge in [0.2, 0.25) is 5.91 Å².